The molecule has 0 bridgehead atoms. The fraction of sp³-hybridized carbons (Fsp3) is 0.650. The van der Waals surface area contributed by atoms with Crippen molar-refractivity contribution in [3.63, 3.8) is 0 Å². The maximum absolute atomic E-state index is 13.1. The van der Waals surface area contributed by atoms with E-state index in [0.717, 1.165) is 5.46 Å². The van der Waals surface area contributed by atoms with Crippen LogP contribution in [0.2, 0.25) is 0 Å². The molecule has 2 rings (SSSR count). The summed E-state index contributed by atoms with van der Waals surface area (Å²) in [7, 11) is -0.544. The molecule has 1 atom stereocenters. The summed E-state index contributed by atoms with van der Waals surface area (Å²) in [5.74, 6) is -1.49. The summed E-state index contributed by atoms with van der Waals surface area (Å²) in [6.07, 6.45) is -3.99. The molecule has 0 unspecified atom stereocenters. The Hall–Kier alpha value is -1.23. The van der Waals surface area contributed by atoms with Crippen LogP contribution in [0.5, 0.6) is 0 Å². The minimum atomic E-state index is -3.22. The molecule has 1 heterocycles. The fourth-order valence-corrected chi connectivity index (χ4v) is 3.13. The van der Waals surface area contributed by atoms with Crippen LogP contribution in [-0.4, -0.2) is 47.4 Å². The quantitative estimate of drug-likeness (QED) is 0.371. The van der Waals surface area contributed by atoms with Crippen molar-refractivity contribution in [2.45, 2.75) is 77.4 Å². The normalized spacial score (nSPS) is 19.2. The van der Waals surface area contributed by atoms with Crippen molar-refractivity contribution in [1.82, 2.24) is 4.31 Å². The highest BCUT2D eigenvalue weighted by atomic mass is 32.1. The van der Waals surface area contributed by atoms with Gasteiger partial charge < -0.3 is 14.0 Å². The van der Waals surface area contributed by atoms with Gasteiger partial charge in [0.15, 0.2) is 0 Å². The molecule has 0 saturated carbocycles. The summed E-state index contributed by atoms with van der Waals surface area (Å²) in [6.45, 7) is 9.98. The molecule has 1 aliphatic rings. The average Bonchev–Trinajstić information content (AvgIpc) is 2.87. The summed E-state index contributed by atoms with van der Waals surface area (Å²) in [6, 6.07) is 7.08. The molecule has 1 amide bonds. The van der Waals surface area contributed by atoms with Gasteiger partial charge in [0, 0.05) is 6.42 Å². The molecule has 1 aromatic rings. The van der Waals surface area contributed by atoms with Gasteiger partial charge in [0.05, 0.1) is 24.0 Å². The second kappa shape index (κ2) is 9.10. The molecule has 5 nitrogen and oxygen atoms in total. The van der Waals surface area contributed by atoms with Crippen molar-refractivity contribution in [3.05, 3.63) is 29.8 Å². The SMILES string of the molecule is CC(C)(O[C@@H](CCF)c1ccc(B2OC(C)(C)C(C)(C)O2)cc1)N(S)C(=O)C(F)F. The predicted molar refractivity (Wildman–Crippen MR) is 112 cm³/mol. The van der Waals surface area contributed by atoms with Crippen molar-refractivity contribution >= 4 is 31.3 Å². The molecule has 10 heteroatoms. The van der Waals surface area contributed by atoms with Crippen LogP contribution in [-0.2, 0) is 18.8 Å². The van der Waals surface area contributed by atoms with Crippen LogP contribution in [0.15, 0.2) is 24.3 Å². The Bertz CT molecular complexity index is 730. The number of rotatable bonds is 8. The number of carbonyl (C=O) groups is 1. The highest BCUT2D eigenvalue weighted by Crippen LogP contribution is 2.37. The lowest BCUT2D eigenvalue weighted by atomic mass is 9.78. The molecule has 30 heavy (non-hydrogen) atoms. The van der Waals surface area contributed by atoms with E-state index in [0.29, 0.717) is 9.87 Å². The van der Waals surface area contributed by atoms with Gasteiger partial charge in [-0.2, -0.15) is 8.78 Å². The van der Waals surface area contributed by atoms with Crippen LogP contribution < -0.4 is 5.46 Å². The molecular formula is C20H29BF3NO4S. The number of nitrogens with zero attached hydrogens (tertiary/aromatic N) is 1. The van der Waals surface area contributed by atoms with Gasteiger partial charge in [-0.25, -0.2) is 0 Å². The van der Waals surface area contributed by atoms with Gasteiger partial charge in [0.2, 0.25) is 0 Å². The number of carbonyl (C=O) groups excluding carboxylic acids is 1. The van der Waals surface area contributed by atoms with E-state index in [1.807, 2.05) is 27.7 Å². The monoisotopic (exact) mass is 447 g/mol. The lowest BCUT2D eigenvalue weighted by Gasteiger charge is -2.37. The lowest BCUT2D eigenvalue weighted by Crippen LogP contribution is -2.46. The molecule has 1 aromatic carbocycles. The van der Waals surface area contributed by atoms with E-state index in [1.54, 1.807) is 24.3 Å². The number of ether oxygens (including phenoxy) is 1. The number of halogens is 3. The highest BCUT2D eigenvalue weighted by Gasteiger charge is 2.51. The standard InChI is InChI=1S/C20H29BF3NO4S/c1-18(2)19(3,4)29-21(28-18)14-9-7-13(8-10-14)15(11-12-22)27-20(5,6)25(30)17(26)16(23)24/h7-10,15-16,30H,11-12H2,1-6H3/t15-/m0/s1. The first-order valence-electron chi connectivity index (χ1n) is 9.72. The molecule has 0 aromatic heterocycles. The average molecular weight is 447 g/mol. The maximum atomic E-state index is 13.1. The zero-order valence-corrected chi connectivity index (χ0v) is 19.0. The number of alkyl halides is 3. The van der Waals surface area contributed by atoms with Gasteiger partial charge in [-0.1, -0.05) is 37.1 Å². The number of hydrogen-bond acceptors (Lipinski definition) is 5. The van der Waals surface area contributed by atoms with Crippen LogP contribution >= 0.6 is 12.8 Å². The number of benzene rings is 1. The van der Waals surface area contributed by atoms with Crippen molar-refractivity contribution in [3.8, 4) is 0 Å². The first-order valence-corrected chi connectivity index (χ1v) is 10.1. The van der Waals surface area contributed by atoms with Gasteiger partial charge in [-0.15, -0.1) is 0 Å². The lowest BCUT2D eigenvalue weighted by molar-refractivity contribution is -0.169. The summed E-state index contributed by atoms with van der Waals surface area (Å²) in [5.41, 5.74) is -1.02. The minimum absolute atomic E-state index is 0.0102. The smallest absolute Gasteiger partial charge is 0.399 e. The second-order valence-corrected chi connectivity index (χ2v) is 9.14. The first kappa shape index (κ1) is 25.0. The van der Waals surface area contributed by atoms with Gasteiger partial charge in [-0.05, 0) is 52.6 Å². The fourth-order valence-electron chi connectivity index (χ4n) is 3.00. The van der Waals surface area contributed by atoms with E-state index >= 15 is 0 Å². The summed E-state index contributed by atoms with van der Waals surface area (Å²) in [5, 5.41) is 0. The van der Waals surface area contributed by atoms with E-state index in [2.05, 4.69) is 12.8 Å². The van der Waals surface area contributed by atoms with Gasteiger partial charge in [0.25, 0.3) is 0 Å². The van der Waals surface area contributed by atoms with E-state index in [-0.39, 0.29) is 6.42 Å². The van der Waals surface area contributed by atoms with E-state index in [1.165, 1.54) is 13.8 Å². The van der Waals surface area contributed by atoms with E-state index in [9.17, 15) is 18.0 Å². The third-order valence-corrected chi connectivity index (χ3v) is 6.22. The van der Waals surface area contributed by atoms with Crippen LogP contribution in [0.1, 0.15) is 59.6 Å². The van der Waals surface area contributed by atoms with Crippen molar-refractivity contribution in [2.75, 3.05) is 6.67 Å². The van der Waals surface area contributed by atoms with Crippen molar-refractivity contribution in [2.24, 2.45) is 0 Å². The molecule has 1 aliphatic heterocycles. The summed E-state index contributed by atoms with van der Waals surface area (Å²) < 4.78 is 57.0. The Morgan fingerprint density at radius 2 is 1.67 bits per heavy atom. The zero-order chi connectivity index (χ0) is 22.9. The van der Waals surface area contributed by atoms with Crippen molar-refractivity contribution in [1.29, 1.82) is 0 Å². The number of amides is 1. The summed E-state index contributed by atoms with van der Waals surface area (Å²) in [4.78, 5) is 11.6. The third-order valence-electron chi connectivity index (χ3n) is 5.54. The van der Waals surface area contributed by atoms with Crippen LogP contribution in [0, 0.1) is 0 Å². The Morgan fingerprint density at radius 1 is 1.17 bits per heavy atom. The Morgan fingerprint density at radius 3 is 2.10 bits per heavy atom. The Labute approximate surface area is 181 Å². The van der Waals surface area contributed by atoms with Gasteiger partial charge in [-0.3, -0.25) is 13.5 Å². The Kier molecular flexibility index (Phi) is 7.60. The van der Waals surface area contributed by atoms with E-state index in [4.69, 9.17) is 14.0 Å². The van der Waals surface area contributed by atoms with Gasteiger partial charge in [0.1, 0.15) is 5.72 Å². The van der Waals surface area contributed by atoms with Crippen LogP contribution in [0.25, 0.3) is 0 Å². The molecule has 1 fully saturated rings. The summed E-state index contributed by atoms with van der Waals surface area (Å²) >= 11 is 3.86. The van der Waals surface area contributed by atoms with Crippen LogP contribution in [0.3, 0.4) is 0 Å². The molecule has 0 spiro atoms. The largest absolute Gasteiger partial charge is 0.494 e. The number of thiol groups is 1. The van der Waals surface area contributed by atoms with E-state index < -0.39 is 49.2 Å². The highest BCUT2D eigenvalue weighted by molar-refractivity contribution is 7.78. The molecular weight excluding hydrogens is 418 g/mol. The molecule has 0 N–H and O–H groups in total. The second-order valence-electron chi connectivity index (χ2n) is 8.74. The zero-order valence-electron chi connectivity index (χ0n) is 18.1. The Balaban J connectivity index is 2.18. The maximum Gasteiger partial charge on any atom is 0.494 e. The molecule has 1 saturated heterocycles. The minimum Gasteiger partial charge on any atom is -0.399 e. The molecule has 0 aliphatic carbocycles. The first-order chi connectivity index (χ1) is 13.7. The van der Waals surface area contributed by atoms with Crippen molar-refractivity contribution < 1.29 is 32.0 Å². The predicted octanol–water partition coefficient (Wildman–Crippen LogP) is 4.08. The number of hydrogen-bond donors (Lipinski definition) is 1. The molecule has 168 valence electrons. The molecule has 0 radical (unpaired) electrons. The van der Waals surface area contributed by atoms with Crippen LogP contribution in [0.4, 0.5) is 13.2 Å². The topological polar surface area (TPSA) is 48.0 Å². The van der Waals surface area contributed by atoms with Gasteiger partial charge >= 0.3 is 19.5 Å². The third kappa shape index (κ3) is 5.33.